The van der Waals surface area contributed by atoms with Crippen LogP contribution in [-0.4, -0.2) is 15.7 Å². The van der Waals surface area contributed by atoms with E-state index in [-0.39, 0.29) is 12.5 Å². The van der Waals surface area contributed by atoms with Gasteiger partial charge >= 0.3 is 6.18 Å². The SMILES string of the molecule is O=C(NCc1cccc(C(F)(F)F)c1)c1ccccc1-n1cccn1. The average Bonchev–Trinajstić information content (AvgIpc) is 3.14. The molecule has 4 nitrogen and oxygen atoms in total. The summed E-state index contributed by atoms with van der Waals surface area (Å²) in [6.07, 6.45) is -1.11. The molecule has 0 unspecified atom stereocenters. The van der Waals surface area contributed by atoms with E-state index in [2.05, 4.69) is 10.4 Å². The van der Waals surface area contributed by atoms with Crippen molar-refractivity contribution in [2.75, 3.05) is 0 Å². The van der Waals surface area contributed by atoms with Crippen LogP contribution in [0.15, 0.2) is 67.0 Å². The molecule has 0 atom stereocenters. The standard InChI is InChI=1S/C18H14F3N3O/c19-18(20,21)14-6-3-5-13(11-14)12-22-17(25)15-7-1-2-8-16(15)24-10-4-9-23-24/h1-11H,12H2,(H,22,25). The number of benzene rings is 2. The highest BCUT2D eigenvalue weighted by atomic mass is 19.4. The van der Waals surface area contributed by atoms with Crippen LogP contribution in [0.3, 0.4) is 0 Å². The van der Waals surface area contributed by atoms with Crippen molar-refractivity contribution in [3.05, 3.63) is 83.7 Å². The summed E-state index contributed by atoms with van der Waals surface area (Å²) in [5, 5.41) is 6.75. The van der Waals surface area contributed by atoms with Crippen LogP contribution < -0.4 is 5.32 Å². The van der Waals surface area contributed by atoms with Crippen LogP contribution in [0.1, 0.15) is 21.5 Å². The van der Waals surface area contributed by atoms with E-state index < -0.39 is 11.7 Å². The third-order valence-corrected chi connectivity index (χ3v) is 3.61. The van der Waals surface area contributed by atoms with E-state index in [4.69, 9.17) is 0 Å². The maximum Gasteiger partial charge on any atom is 0.416 e. The van der Waals surface area contributed by atoms with Crippen LogP contribution in [0, 0.1) is 0 Å². The quantitative estimate of drug-likeness (QED) is 0.781. The average molecular weight is 345 g/mol. The number of carbonyl (C=O) groups excluding carboxylic acids is 1. The molecule has 0 aliphatic heterocycles. The van der Waals surface area contributed by atoms with Gasteiger partial charge in [-0.15, -0.1) is 0 Å². The molecule has 0 aliphatic carbocycles. The van der Waals surface area contributed by atoms with Gasteiger partial charge in [-0.1, -0.05) is 24.3 Å². The maximum atomic E-state index is 12.7. The van der Waals surface area contributed by atoms with Gasteiger partial charge in [-0.25, -0.2) is 4.68 Å². The predicted octanol–water partition coefficient (Wildman–Crippen LogP) is 3.82. The van der Waals surface area contributed by atoms with E-state index in [1.807, 2.05) is 0 Å². The molecule has 25 heavy (non-hydrogen) atoms. The van der Waals surface area contributed by atoms with Crippen molar-refractivity contribution in [2.45, 2.75) is 12.7 Å². The first kappa shape index (κ1) is 16.8. The van der Waals surface area contributed by atoms with Crippen molar-refractivity contribution in [1.29, 1.82) is 0 Å². The van der Waals surface area contributed by atoms with E-state index in [0.29, 0.717) is 16.8 Å². The lowest BCUT2D eigenvalue weighted by Gasteiger charge is -2.11. The maximum absolute atomic E-state index is 12.7. The molecule has 0 aliphatic rings. The molecule has 0 saturated heterocycles. The number of hydrogen-bond donors (Lipinski definition) is 1. The lowest BCUT2D eigenvalue weighted by Crippen LogP contribution is -2.24. The van der Waals surface area contributed by atoms with E-state index in [1.165, 1.54) is 12.1 Å². The van der Waals surface area contributed by atoms with Gasteiger partial charge in [-0.2, -0.15) is 18.3 Å². The van der Waals surface area contributed by atoms with Crippen LogP contribution >= 0.6 is 0 Å². The topological polar surface area (TPSA) is 46.9 Å². The van der Waals surface area contributed by atoms with Gasteiger partial charge in [0.15, 0.2) is 0 Å². The summed E-state index contributed by atoms with van der Waals surface area (Å²) in [5.41, 5.74) is 0.614. The molecule has 1 heterocycles. The molecule has 7 heteroatoms. The summed E-state index contributed by atoms with van der Waals surface area (Å²) < 4.78 is 39.8. The summed E-state index contributed by atoms with van der Waals surface area (Å²) in [7, 11) is 0. The normalized spacial score (nSPS) is 11.3. The zero-order valence-corrected chi connectivity index (χ0v) is 13.0. The Bertz CT molecular complexity index is 873. The molecule has 128 valence electrons. The monoisotopic (exact) mass is 345 g/mol. The molecule has 3 rings (SSSR count). The fourth-order valence-electron chi connectivity index (χ4n) is 2.41. The molecule has 1 N–H and O–H groups in total. The molecule has 0 fully saturated rings. The third-order valence-electron chi connectivity index (χ3n) is 3.61. The molecule has 1 amide bonds. The smallest absolute Gasteiger partial charge is 0.348 e. The van der Waals surface area contributed by atoms with Crippen LogP contribution in [0.2, 0.25) is 0 Å². The minimum Gasteiger partial charge on any atom is -0.348 e. The Morgan fingerprint density at radius 1 is 1.08 bits per heavy atom. The lowest BCUT2D eigenvalue weighted by molar-refractivity contribution is -0.137. The highest BCUT2D eigenvalue weighted by Gasteiger charge is 2.30. The second-order valence-electron chi connectivity index (χ2n) is 5.35. The summed E-state index contributed by atoms with van der Waals surface area (Å²) in [5.74, 6) is -0.386. The number of nitrogens with one attached hydrogen (secondary N) is 1. The van der Waals surface area contributed by atoms with Crippen molar-refractivity contribution < 1.29 is 18.0 Å². The Kier molecular flexibility index (Phi) is 4.56. The number of alkyl halides is 3. The first-order valence-electron chi connectivity index (χ1n) is 7.48. The van der Waals surface area contributed by atoms with Crippen molar-refractivity contribution in [3.63, 3.8) is 0 Å². The molecular weight excluding hydrogens is 331 g/mol. The number of nitrogens with zero attached hydrogens (tertiary/aromatic N) is 2. The fraction of sp³-hybridized carbons (Fsp3) is 0.111. The summed E-state index contributed by atoms with van der Waals surface area (Å²) in [6.45, 7) is -0.00378. The number of halogens is 3. The second kappa shape index (κ2) is 6.80. The Morgan fingerprint density at radius 3 is 2.60 bits per heavy atom. The van der Waals surface area contributed by atoms with Gasteiger partial charge in [0.2, 0.25) is 0 Å². The summed E-state index contributed by atoms with van der Waals surface area (Å²) >= 11 is 0. The van der Waals surface area contributed by atoms with Crippen molar-refractivity contribution in [2.24, 2.45) is 0 Å². The van der Waals surface area contributed by atoms with E-state index >= 15 is 0 Å². The van der Waals surface area contributed by atoms with Gasteiger partial charge in [-0.3, -0.25) is 4.79 Å². The Labute approximate surface area is 141 Å². The van der Waals surface area contributed by atoms with Gasteiger partial charge in [0.25, 0.3) is 5.91 Å². The first-order valence-corrected chi connectivity index (χ1v) is 7.48. The minimum atomic E-state index is -4.41. The molecule has 3 aromatic rings. The van der Waals surface area contributed by atoms with Crippen LogP contribution in [0.5, 0.6) is 0 Å². The number of hydrogen-bond acceptors (Lipinski definition) is 2. The molecule has 0 bridgehead atoms. The van der Waals surface area contributed by atoms with Gasteiger partial charge in [0, 0.05) is 18.9 Å². The Morgan fingerprint density at radius 2 is 1.88 bits per heavy atom. The summed E-state index contributed by atoms with van der Waals surface area (Å²) in [6, 6.07) is 13.5. The van der Waals surface area contributed by atoms with Crippen LogP contribution in [0.25, 0.3) is 5.69 Å². The van der Waals surface area contributed by atoms with Crippen LogP contribution in [-0.2, 0) is 12.7 Å². The predicted molar refractivity (Wildman–Crippen MR) is 86.2 cm³/mol. The molecular formula is C18H14F3N3O. The fourth-order valence-corrected chi connectivity index (χ4v) is 2.41. The summed E-state index contributed by atoms with van der Waals surface area (Å²) in [4.78, 5) is 12.4. The van der Waals surface area contributed by atoms with Gasteiger partial charge < -0.3 is 5.32 Å². The van der Waals surface area contributed by atoms with Crippen molar-refractivity contribution in [1.82, 2.24) is 15.1 Å². The second-order valence-corrected chi connectivity index (χ2v) is 5.35. The number of para-hydroxylation sites is 1. The molecule has 0 radical (unpaired) electrons. The highest BCUT2D eigenvalue weighted by Crippen LogP contribution is 2.29. The zero-order chi connectivity index (χ0) is 17.9. The van der Waals surface area contributed by atoms with E-state index in [1.54, 1.807) is 47.4 Å². The van der Waals surface area contributed by atoms with Gasteiger partial charge in [0.05, 0.1) is 16.8 Å². The van der Waals surface area contributed by atoms with Crippen LogP contribution in [0.4, 0.5) is 13.2 Å². The first-order chi connectivity index (χ1) is 11.9. The van der Waals surface area contributed by atoms with E-state index in [9.17, 15) is 18.0 Å². The highest BCUT2D eigenvalue weighted by molar-refractivity contribution is 5.97. The van der Waals surface area contributed by atoms with Gasteiger partial charge in [-0.05, 0) is 35.9 Å². The number of carbonyl (C=O) groups is 1. The number of rotatable bonds is 4. The number of aromatic nitrogens is 2. The molecule has 0 saturated carbocycles. The third kappa shape index (κ3) is 3.88. The minimum absolute atomic E-state index is 0.00378. The molecule has 1 aromatic heterocycles. The van der Waals surface area contributed by atoms with E-state index in [0.717, 1.165) is 12.1 Å². The lowest BCUT2D eigenvalue weighted by atomic mass is 10.1. The largest absolute Gasteiger partial charge is 0.416 e. The molecule has 0 spiro atoms. The molecule has 2 aromatic carbocycles. The van der Waals surface area contributed by atoms with Crippen molar-refractivity contribution >= 4 is 5.91 Å². The number of amides is 1. The zero-order valence-electron chi connectivity index (χ0n) is 13.0. The van der Waals surface area contributed by atoms with Gasteiger partial charge in [0.1, 0.15) is 0 Å². The Hall–Kier alpha value is -3.09. The van der Waals surface area contributed by atoms with Crippen molar-refractivity contribution in [3.8, 4) is 5.69 Å². The Balaban J connectivity index is 1.76.